The smallest absolute Gasteiger partial charge is 0.124 e. The van der Waals surface area contributed by atoms with E-state index in [9.17, 15) is 0 Å². The van der Waals surface area contributed by atoms with Crippen LogP contribution < -0.4 is 14.8 Å². The first-order valence-electron chi connectivity index (χ1n) is 6.52. The van der Waals surface area contributed by atoms with E-state index in [1.807, 2.05) is 43.3 Å². The normalized spacial score (nSPS) is 10.2. The summed E-state index contributed by atoms with van der Waals surface area (Å²) < 4.78 is 11.8. The van der Waals surface area contributed by atoms with Crippen LogP contribution in [-0.2, 0) is 6.54 Å². The van der Waals surface area contributed by atoms with E-state index in [-0.39, 0.29) is 0 Å². The Kier molecular flexibility index (Phi) is 5.30. The van der Waals surface area contributed by atoms with Crippen LogP contribution in [0.1, 0.15) is 12.5 Å². The second-order valence-electron chi connectivity index (χ2n) is 4.27. The maximum atomic E-state index is 5.64. The minimum absolute atomic E-state index is 0.664. The first-order valence-corrected chi connectivity index (χ1v) is 7.31. The van der Waals surface area contributed by atoms with Gasteiger partial charge < -0.3 is 14.8 Å². The minimum atomic E-state index is 0.664. The van der Waals surface area contributed by atoms with E-state index in [0.29, 0.717) is 13.2 Å². The molecule has 0 saturated heterocycles. The van der Waals surface area contributed by atoms with Crippen LogP contribution in [0.15, 0.2) is 46.9 Å². The molecule has 3 nitrogen and oxygen atoms in total. The van der Waals surface area contributed by atoms with Gasteiger partial charge in [0.05, 0.1) is 13.7 Å². The minimum Gasteiger partial charge on any atom is -0.497 e. The van der Waals surface area contributed by atoms with Crippen LogP contribution >= 0.6 is 15.9 Å². The quantitative estimate of drug-likeness (QED) is 0.844. The van der Waals surface area contributed by atoms with Crippen molar-refractivity contribution in [1.29, 1.82) is 0 Å². The summed E-state index contributed by atoms with van der Waals surface area (Å²) in [6.07, 6.45) is 0. The fourth-order valence-electron chi connectivity index (χ4n) is 1.89. The molecule has 0 bridgehead atoms. The molecule has 0 aromatic heterocycles. The number of rotatable bonds is 6. The predicted octanol–water partition coefficient (Wildman–Crippen LogP) is 4.47. The lowest BCUT2D eigenvalue weighted by atomic mass is 10.2. The van der Waals surface area contributed by atoms with Gasteiger partial charge in [-0.2, -0.15) is 0 Å². The predicted molar refractivity (Wildman–Crippen MR) is 85.6 cm³/mol. The molecule has 0 saturated carbocycles. The molecule has 0 aliphatic heterocycles. The Morgan fingerprint density at radius 2 is 1.85 bits per heavy atom. The lowest BCUT2D eigenvalue weighted by Crippen LogP contribution is -2.03. The molecule has 0 unspecified atom stereocenters. The first-order chi connectivity index (χ1) is 9.72. The second-order valence-corrected chi connectivity index (χ2v) is 5.18. The molecular formula is C16H18BrNO2. The maximum absolute atomic E-state index is 5.64. The van der Waals surface area contributed by atoms with Gasteiger partial charge in [-0.05, 0) is 49.4 Å². The molecule has 2 aromatic rings. The molecule has 2 aromatic carbocycles. The van der Waals surface area contributed by atoms with E-state index in [2.05, 4.69) is 27.3 Å². The standard InChI is InChI=1S/C16H18BrNO2/c1-3-20-16-9-4-13(17)10-12(16)11-18-14-5-7-15(19-2)8-6-14/h4-10,18H,3,11H2,1-2H3. The van der Waals surface area contributed by atoms with Crippen molar-refractivity contribution >= 4 is 21.6 Å². The third-order valence-electron chi connectivity index (χ3n) is 2.90. The summed E-state index contributed by atoms with van der Waals surface area (Å²) >= 11 is 3.49. The van der Waals surface area contributed by atoms with Crippen LogP contribution in [-0.4, -0.2) is 13.7 Å². The Labute approximate surface area is 128 Å². The van der Waals surface area contributed by atoms with Gasteiger partial charge in [0.25, 0.3) is 0 Å². The van der Waals surface area contributed by atoms with E-state index in [1.54, 1.807) is 7.11 Å². The molecule has 106 valence electrons. The van der Waals surface area contributed by atoms with E-state index in [0.717, 1.165) is 27.2 Å². The van der Waals surface area contributed by atoms with Crippen LogP contribution in [0.5, 0.6) is 11.5 Å². The van der Waals surface area contributed by atoms with E-state index >= 15 is 0 Å². The van der Waals surface area contributed by atoms with Gasteiger partial charge in [-0.1, -0.05) is 15.9 Å². The average Bonchev–Trinajstić information content (AvgIpc) is 2.48. The highest BCUT2D eigenvalue weighted by Gasteiger charge is 2.04. The summed E-state index contributed by atoms with van der Waals surface area (Å²) in [5.74, 6) is 1.77. The topological polar surface area (TPSA) is 30.5 Å². The van der Waals surface area contributed by atoms with E-state index < -0.39 is 0 Å². The Bertz CT molecular complexity index is 555. The summed E-state index contributed by atoms with van der Waals surface area (Å²) in [5, 5.41) is 3.38. The van der Waals surface area contributed by atoms with Crippen molar-refractivity contribution in [2.45, 2.75) is 13.5 Å². The van der Waals surface area contributed by atoms with Gasteiger partial charge >= 0.3 is 0 Å². The molecule has 0 aliphatic carbocycles. The van der Waals surface area contributed by atoms with Gasteiger partial charge in [-0.25, -0.2) is 0 Å². The highest BCUT2D eigenvalue weighted by molar-refractivity contribution is 9.10. The fourth-order valence-corrected chi connectivity index (χ4v) is 2.30. The Morgan fingerprint density at radius 3 is 2.50 bits per heavy atom. The van der Waals surface area contributed by atoms with Gasteiger partial charge in [0.15, 0.2) is 0 Å². The number of ether oxygens (including phenoxy) is 2. The Hall–Kier alpha value is -1.68. The Balaban J connectivity index is 2.07. The molecule has 20 heavy (non-hydrogen) atoms. The molecule has 1 N–H and O–H groups in total. The van der Waals surface area contributed by atoms with E-state index in [4.69, 9.17) is 9.47 Å². The monoisotopic (exact) mass is 335 g/mol. The number of anilines is 1. The van der Waals surface area contributed by atoms with Gasteiger partial charge in [-0.3, -0.25) is 0 Å². The van der Waals surface area contributed by atoms with Gasteiger partial charge in [0.1, 0.15) is 11.5 Å². The zero-order valence-corrected chi connectivity index (χ0v) is 13.2. The lowest BCUT2D eigenvalue weighted by Gasteiger charge is -2.12. The number of halogens is 1. The van der Waals surface area contributed by atoms with Crippen molar-refractivity contribution in [3.63, 3.8) is 0 Å². The molecule has 0 spiro atoms. The van der Waals surface area contributed by atoms with Crippen molar-refractivity contribution in [2.75, 3.05) is 19.0 Å². The van der Waals surface area contributed by atoms with Gasteiger partial charge in [-0.15, -0.1) is 0 Å². The molecule has 0 fully saturated rings. The molecule has 0 heterocycles. The largest absolute Gasteiger partial charge is 0.497 e. The van der Waals surface area contributed by atoms with Crippen molar-refractivity contribution < 1.29 is 9.47 Å². The molecule has 0 aliphatic rings. The summed E-state index contributed by atoms with van der Waals surface area (Å²) in [7, 11) is 1.66. The number of hydrogen-bond acceptors (Lipinski definition) is 3. The lowest BCUT2D eigenvalue weighted by molar-refractivity contribution is 0.337. The molecular weight excluding hydrogens is 318 g/mol. The van der Waals surface area contributed by atoms with Crippen LogP contribution in [0.2, 0.25) is 0 Å². The highest BCUT2D eigenvalue weighted by atomic mass is 79.9. The molecule has 4 heteroatoms. The number of methoxy groups -OCH3 is 1. The third kappa shape index (κ3) is 3.90. The summed E-state index contributed by atoms with van der Waals surface area (Å²) in [6, 6.07) is 13.9. The van der Waals surface area contributed by atoms with Crippen molar-refractivity contribution in [2.24, 2.45) is 0 Å². The van der Waals surface area contributed by atoms with Crippen molar-refractivity contribution in [1.82, 2.24) is 0 Å². The van der Waals surface area contributed by atoms with Gasteiger partial charge in [0, 0.05) is 22.3 Å². The molecule has 0 amide bonds. The first kappa shape index (κ1) is 14.7. The second kappa shape index (κ2) is 7.20. The number of nitrogens with one attached hydrogen (secondary N) is 1. The summed E-state index contributed by atoms with van der Waals surface area (Å²) in [4.78, 5) is 0. The van der Waals surface area contributed by atoms with Crippen molar-refractivity contribution in [3.05, 3.63) is 52.5 Å². The van der Waals surface area contributed by atoms with Crippen LogP contribution in [0.4, 0.5) is 5.69 Å². The van der Waals surface area contributed by atoms with E-state index in [1.165, 1.54) is 0 Å². The molecule has 0 atom stereocenters. The van der Waals surface area contributed by atoms with Crippen LogP contribution in [0.3, 0.4) is 0 Å². The number of benzene rings is 2. The molecule has 2 rings (SSSR count). The maximum Gasteiger partial charge on any atom is 0.124 e. The summed E-state index contributed by atoms with van der Waals surface area (Å²) in [5.41, 5.74) is 2.17. The number of hydrogen-bond donors (Lipinski definition) is 1. The zero-order valence-electron chi connectivity index (χ0n) is 11.7. The van der Waals surface area contributed by atoms with Crippen LogP contribution in [0, 0.1) is 0 Å². The molecule has 0 radical (unpaired) electrons. The van der Waals surface area contributed by atoms with Gasteiger partial charge in [0.2, 0.25) is 0 Å². The Morgan fingerprint density at radius 1 is 1.10 bits per heavy atom. The van der Waals surface area contributed by atoms with Crippen LogP contribution in [0.25, 0.3) is 0 Å². The summed E-state index contributed by atoms with van der Waals surface area (Å²) in [6.45, 7) is 3.36. The zero-order chi connectivity index (χ0) is 14.4. The van der Waals surface area contributed by atoms with Crippen molar-refractivity contribution in [3.8, 4) is 11.5 Å². The fraction of sp³-hybridized carbons (Fsp3) is 0.250. The SMILES string of the molecule is CCOc1ccc(Br)cc1CNc1ccc(OC)cc1. The highest BCUT2D eigenvalue weighted by Crippen LogP contribution is 2.24. The average molecular weight is 336 g/mol. The third-order valence-corrected chi connectivity index (χ3v) is 3.39.